The van der Waals surface area contributed by atoms with Gasteiger partial charge in [0.2, 0.25) is 0 Å². The number of nitrogens with two attached hydrogens (primary N) is 1. The number of amides is 2. The van der Waals surface area contributed by atoms with Gasteiger partial charge in [-0.3, -0.25) is 10.2 Å². The molecule has 0 radical (unpaired) electrons. The largest absolute Gasteiger partial charge is 0.350 e. The summed E-state index contributed by atoms with van der Waals surface area (Å²) < 4.78 is 0. The first-order valence-corrected chi connectivity index (χ1v) is 7.34. The molecule has 0 atom stereocenters. The maximum Gasteiger partial charge on any atom is 0.338 e. The lowest BCUT2D eigenvalue weighted by atomic mass is 10.2. The monoisotopic (exact) mass is 303 g/mol. The van der Waals surface area contributed by atoms with Crippen molar-refractivity contribution < 1.29 is 10.0 Å². The van der Waals surface area contributed by atoms with Gasteiger partial charge in [0, 0.05) is 28.6 Å². The third kappa shape index (κ3) is 5.02. The van der Waals surface area contributed by atoms with Gasteiger partial charge in [-0.2, -0.15) is 0 Å². The number of allylic oxidation sites excluding steroid dienone is 1. The Morgan fingerprint density at radius 1 is 1.33 bits per heavy atom. The number of primary amides is 1. The SMILES string of the molecule is NC(=O)N(O)C/C=C\Cc1ccc(Cc2cccnc2)s1. The fourth-order valence-electron chi connectivity index (χ4n) is 1.79. The van der Waals surface area contributed by atoms with Gasteiger partial charge in [0.15, 0.2) is 0 Å². The number of pyridine rings is 1. The smallest absolute Gasteiger partial charge is 0.338 e. The summed E-state index contributed by atoms with van der Waals surface area (Å²) >= 11 is 1.75. The van der Waals surface area contributed by atoms with Gasteiger partial charge in [-0.25, -0.2) is 9.86 Å². The van der Waals surface area contributed by atoms with Crippen LogP contribution in [0, 0.1) is 0 Å². The van der Waals surface area contributed by atoms with Crippen molar-refractivity contribution in [1.29, 1.82) is 0 Å². The summed E-state index contributed by atoms with van der Waals surface area (Å²) in [5, 5.41) is 9.57. The van der Waals surface area contributed by atoms with E-state index < -0.39 is 6.03 Å². The average molecular weight is 303 g/mol. The maximum absolute atomic E-state index is 10.6. The maximum atomic E-state index is 10.6. The predicted octanol–water partition coefficient (Wildman–Crippen LogP) is 2.60. The minimum absolute atomic E-state index is 0.100. The Morgan fingerprint density at radius 2 is 2.14 bits per heavy atom. The molecule has 0 aliphatic carbocycles. The van der Waals surface area contributed by atoms with Crippen molar-refractivity contribution in [2.24, 2.45) is 5.73 Å². The van der Waals surface area contributed by atoms with Crippen molar-refractivity contribution in [1.82, 2.24) is 10.0 Å². The lowest BCUT2D eigenvalue weighted by molar-refractivity contribution is -0.0288. The third-order valence-electron chi connectivity index (χ3n) is 2.84. The number of nitrogens with zero attached hydrogens (tertiary/aromatic N) is 2. The molecule has 0 aliphatic heterocycles. The van der Waals surface area contributed by atoms with E-state index >= 15 is 0 Å². The zero-order valence-electron chi connectivity index (χ0n) is 11.5. The van der Waals surface area contributed by atoms with Crippen LogP contribution in [0.25, 0.3) is 0 Å². The van der Waals surface area contributed by atoms with E-state index in [1.54, 1.807) is 23.6 Å². The van der Waals surface area contributed by atoms with Crippen LogP contribution < -0.4 is 5.73 Å². The molecular formula is C15H17N3O2S. The highest BCUT2D eigenvalue weighted by Crippen LogP contribution is 2.20. The molecule has 0 unspecified atom stereocenters. The number of rotatable bonds is 6. The first kappa shape index (κ1) is 15.2. The van der Waals surface area contributed by atoms with Crippen molar-refractivity contribution in [3.8, 4) is 0 Å². The topological polar surface area (TPSA) is 79.5 Å². The molecule has 3 N–H and O–H groups in total. The van der Waals surface area contributed by atoms with E-state index in [1.807, 2.05) is 18.3 Å². The van der Waals surface area contributed by atoms with Crippen molar-refractivity contribution in [3.63, 3.8) is 0 Å². The lowest BCUT2D eigenvalue weighted by Gasteiger charge is -2.07. The molecule has 2 heterocycles. The second-order valence-electron chi connectivity index (χ2n) is 4.50. The molecule has 0 aliphatic rings. The van der Waals surface area contributed by atoms with Crippen LogP contribution in [0.3, 0.4) is 0 Å². The Morgan fingerprint density at radius 3 is 2.86 bits per heavy atom. The zero-order chi connectivity index (χ0) is 15.1. The summed E-state index contributed by atoms with van der Waals surface area (Å²) in [6.07, 6.45) is 8.92. The zero-order valence-corrected chi connectivity index (χ0v) is 12.3. The van der Waals surface area contributed by atoms with Gasteiger partial charge in [0.25, 0.3) is 0 Å². The van der Waals surface area contributed by atoms with Crippen molar-refractivity contribution in [2.75, 3.05) is 6.54 Å². The molecule has 2 aromatic heterocycles. The minimum Gasteiger partial charge on any atom is -0.350 e. The van der Waals surface area contributed by atoms with E-state index in [9.17, 15) is 4.79 Å². The van der Waals surface area contributed by atoms with Gasteiger partial charge in [0.05, 0.1) is 6.54 Å². The van der Waals surface area contributed by atoms with E-state index in [1.165, 1.54) is 15.3 Å². The highest BCUT2D eigenvalue weighted by molar-refractivity contribution is 7.12. The molecule has 0 saturated carbocycles. The number of hydrogen-bond acceptors (Lipinski definition) is 4. The summed E-state index contributed by atoms with van der Waals surface area (Å²) in [6, 6.07) is 7.35. The van der Waals surface area contributed by atoms with Crippen LogP contribution in [0.4, 0.5) is 4.79 Å². The first-order valence-electron chi connectivity index (χ1n) is 6.52. The minimum atomic E-state index is -0.852. The second-order valence-corrected chi connectivity index (χ2v) is 5.75. The number of aromatic nitrogens is 1. The summed E-state index contributed by atoms with van der Waals surface area (Å²) in [5.41, 5.74) is 6.10. The van der Waals surface area contributed by atoms with Crippen LogP contribution >= 0.6 is 11.3 Å². The van der Waals surface area contributed by atoms with E-state index in [4.69, 9.17) is 10.9 Å². The Labute approximate surface area is 127 Å². The van der Waals surface area contributed by atoms with E-state index in [2.05, 4.69) is 23.2 Å². The van der Waals surface area contributed by atoms with Crippen LogP contribution in [0.1, 0.15) is 15.3 Å². The highest BCUT2D eigenvalue weighted by Gasteiger charge is 2.02. The third-order valence-corrected chi connectivity index (χ3v) is 3.94. The molecule has 0 saturated heterocycles. The average Bonchev–Trinajstić information content (AvgIpc) is 2.92. The standard InChI is InChI=1S/C15H17N3O2S/c16-15(19)18(20)9-2-1-5-13-6-7-14(21-13)10-12-4-3-8-17-11-12/h1-4,6-8,11,20H,5,9-10H2,(H2,16,19)/b2-1-. The number of hydrogen-bond donors (Lipinski definition) is 2. The molecule has 0 fully saturated rings. The van der Waals surface area contributed by atoms with Crippen molar-refractivity contribution >= 4 is 17.4 Å². The van der Waals surface area contributed by atoms with Gasteiger partial charge < -0.3 is 5.73 Å². The molecule has 0 spiro atoms. The molecule has 2 amide bonds. The Kier molecular flexibility index (Phi) is 5.48. The summed E-state index contributed by atoms with van der Waals surface area (Å²) in [6.45, 7) is 0.100. The number of carbonyl (C=O) groups excluding carboxylic acids is 1. The van der Waals surface area contributed by atoms with Crippen LogP contribution in [0.15, 0.2) is 48.8 Å². The van der Waals surface area contributed by atoms with Gasteiger partial charge in [-0.15, -0.1) is 11.3 Å². The Balaban J connectivity index is 1.83. The van der Waals surface area contributed by atoms with E-state index in [-0.39, 0.29) is 6.54 Å². The normalized spacial score (nSPS) is 10.9. The van der Waals surface area contributed by atoms with E-state index in [0.29, 0.717) is 5.06 Å². The van der Waals surface area contributed by atoms with Gasteiger partial charge in [-0.1, -0.05) is 18.2 Å². The quantitative estimate of drug-likeness (QED) is 0.489. The molecule has 0 aromatic carbocycles. The van der Waals surface area contributed by atoms with Gasteiger partial charge in [-0.05, 0) is 30.2 Å². The molecule has 2 aromatic rings. The summed E-state index contributed by atoms with van der Waals surface area (Å²) in [4.78, 5) is 17.2. The number of carbonyl (C=O) groups is 1. The molecule has 0 bridgehead atoms. The van der Waals surface area contributed by atoms with Gasteiger partial charge >= 0.3 is 6.03 Å². The first-order chi connectivity index (χ1) is 10.1. The molecule has 2 rings (SSSR count). The fraction of sp³-hybridized carbons (Fsp3) is 0.200. The molecular weight excluding hydrogens is 286 g/mol. The van der Waals surface area contributed by atoms with Gasteiger partial charge in [0.1, 0.15) is 0 Å². The molecule has 5 nitrogen and oxygen atoms in total. The summed E-state index contributed by atoms with van der Waals surface area (Å²) in [7, 11) is 0. The van der Waals surface area contributed by atoms with E-state index in [0.717, 1.165) is 12.8 Å². The molecule has 21 heavy (non-hydrogen) atoms. The second kappa shape index (κ2) is 7.56. The van der Waals surface area contributed by atoms with Crippen LogP contribution in [0.5, 0.6) is 0 Å². The van der Waals surface area contributed by atoms with Crippen LogP contribution in [0.2, 0.25) is 0 Å². The van der Waals surface area contributed by atoms with Crippen molar-refractivity contribution in [3.05, 3.63) is 64.1 Å². The Bertz CT molecular complexity index is 610. The van der Waals surface area contributed by atoms with Crippen LogP contribution in [-0.2, 0) is 12.8 Å². The van der Waals surface area contributed by atoms with Crippen LogP contribution in [-0.4, -0.2) is 27.8 Å². The highest BCUT2D eigenvalue weighted by atomic mass is 32.1. The Hall–Kier alpha value is -2.18. The molecule has 6 heteroatoms. The number of urea groups is 1. The molecule has 110 valence electrons. The number of thiophene rings is 1. The fourth-order valence-corrected chi connectivity index (χ4v) is 2.82. The van der Waals surface area contributed by atoms with Crippen molar-refractivity contribution in [2.45, 2.75) is 12.8 Å². The number of hydroxylamine groups is 2. The lowest BCUT2D eigenvalue weighted by Crippen LogP contribution is -2.32. The summed E-state index contributed by atoms with van der Waals surface area (Å²) in [5.74, 6) is 0. The predicted molar refractivity (Wildman–Crippen MR) is 82.3 cm³/mol.